The zero-order valence-corrected chi connectivity index (χ0v) is 20.3. The molecule has 0 atom stereocenters. The molecule has 1 aliphatic rings. The highest BCUT2D eigenvalue weighted by Gasteiger charge is 2.27. The van der Waals surface area contributed by atoms with E-state index in [0.717, 1.165) is 0 Å². The fourth-order valence-corrected chi connectivity index (χ4v) is 4.31. The number of alkyl halides is 2. The van der Waals surface area contributed by atoms with Crippen molar-refractivity contribution in [3.05, 3.63) is 65.5 Å². The number of hydrogen-bond donors (Lipinski definition) is 1. The second kappa shape index (κ2) is 9.92. The molecule has 2 aromatic heterocycles. The minimum Gasteiger partial charge on any atom is -0.378 e. The molecule has 2 aromatic carbocycles. The number of fused-ring (bicyclic) bond motifs is 1. The van der Waals surface area contributed by atoms with E-state index in [2.05, 4.69) is 25.3 Å². The van der Waals surface area contributed by atoms with Gasteiger partial charge >= 0.3 is 0 Å². The number of para-hydroxylation sites is 2. The number of nitrogens with zero attached hydrogens (tertiary/aromatic N) is 6. The second-order valence-corrected chi connectivity index (χ2v) is 9.34. The van der Waals surface area contributed by atoms with Crippen LogP contribution in [0.2, 0.25) is 0 Å². The molecule has 194 valence electrons. The summed E-state index contributed by atoms with van der Waals surface area (Å²) in [6, 6.07) is 10.4. The molecule has 0 aliphatic carbocycles. The molecular weight excluding hydrogens is 490 g/mol. The van der Waals surface area contributed by atoms with Gasteiger partial charge < -0.3 is 15.0 Å². The number of ether oxygens (including phenoxy) is 1. The molecule has 0 spiro atoms. The predicted octanol–water partition coefficient (Wildman–Crippen LogP) is 4.70. The van der Waals surface area contributed by atoms with Gasteiger partial charge in [-0.15, -0.1) is 0 Å². The largest absolute Gasteiger partial charge is 0.378 e. The molecule has 37 heavy (non-hydrogen) atoms. The van der Waals surface area contributed by atoms with Crippen LogP contribution in [-0.4, -0.2) is 56.3 Å². The smallest absolute Gasteiger partial charge is 0.296 e. The number of aromatic nitrogens is 5. The molecule has 5 rings (SSSR count). The molecule has 1 aliphatic heterocycles. The lowest BCUT2D eigenvalue weighted by atomic mass is 9.94. The van der Waals surface area contributed by atoms with Crippen molar-refractivity contribution in [1.82, 2.24) is 24.5 Å². The second-order valence-electron chi connectivity index (χ2n) is 9.34. The van der Waals surface area contributed by atoms with Crippen molar-refractivity contribution < 1.29 is 22.3 Å². The summed E-state index contributed by atoms with van der Waals surface area (Å²) in [5, 5.41) is 3.13. The van der Waals surface area contributed by atoms with Crippen molar-refractivity contribution >= 4 is 22.9 Å². The van der Waals surface area contributed by atoms with Gasteiger partial charge in [0, 0.05) is 30.6 Å². The Morgan fingerprint density at radius 3 is 2.30 bits per heavy atom. The van der Waals surface area contributed by atoms with E-state index in [1.807, 2.05) is 4.90 Å². The van der Waals surface area contributed by atoms with Gasteiger partial charge in [-0.05, 0) is 38.1 Å². The van der Waals surface area contributed by atoms with Gasteiger partial charge in [0.05, 0.1) is 24.2 Å². The molecule has 1 fully saturated rings. The van der Waals surface area contributed by atoms with E-state index in [1.54, 1.807) is 38.1 Å². The Kier molecular flexibility index (Phi) is 6.67. The Morgan fingerprint density at radius 2 is 1.59 bits per heavy atom. The molecule has 1 N–H and O–H groups in total. The number of imidazole rings is 1. The molecule has 0 amide bonds. The van der Waals surface area contributed by atoms with Crippen LogP contribution in [0.15, 0.2) is 42.5 Å². The normalized spacial score (nSPS) is 14.5. The highest BCUT2D eigenvalue weighted by Crippen LogP contribution is 2.29. The molecule has 12 heteroatoms. The highest BCUT2D eigenvalue weighted by atomic mass is 19.3. The van der Waals surface area contributed by atoms with Crippen LogP contribution in [0.25, 0.3) is 17.0 Å². The third-order valence-electron chi connectivity index (χ3n) is 6.02. The minimum atomic E-state index is -2.88. The highest BCUT2D eigenvalue weighted by molar-refractivity contribution is 5.77. The maximum Gasteiger partial charge on any atom is 0.296 e. The van der Waals surface area contributed by atoms with Crippen LogP contribution in [0.5, 0.6) is 0 Å². The average Bonchev–Trinajstić information content (AvgIpc) is 3.27. The number of benzene rings is 2. The van der Waals surface area contributed by atoms with Gasteiger partial charge in [0.15, 0.2) is 5.82 Å². The van der Waals surface area contributed by atoms with Gasteiger partial charge in [-0.1, -0.05) is 18.2 Å². The molecule has 0 bridgehead atoms. The first kappa shape index (κ1) is 24.9. The van der Waals surface area contributed by atoms with Crippen molar-refractivity contribution in [2.45, 2.75) is 32.2 Å². The van der Waals surface area contributed by atoms with Crippen molar-refractivity contribution in [1.29, 1.82) is 0 Å². The van der Waals surface area contributed by atoms with Crippen LogP contribution in [-0.2, 0) is 11.2 Å². The zero-order valence-electron chi connectivity index (χ0n) is 20.3. The SMILES string of the molecule is CC(C)(Cc1c(F)cccc1F)Nc1nc(N2CCOCC2)nc(-n2c(C(F)F)nc3ccccc32)n1. The molecular formula is C25H25F4N7O. The van der Waals surface area contributed by atoms with E-state index in [1.165, 1.54) is 22.8 Å². The van der Waals surface area contributed by atoms with Crippen molar-refractivity contribution in [2.75, 3.05) is 36.5 Å². The van der Waals surface area contributed by atoms with Crippen LogP contribution >= 0.6 is 0 Å². The monoisotopic (exact) mass is 515 g/mol. The molecule has 4 aromatic rings. The fourth-order valence-electron chi connectivity index (χ4n) is 4.31. The lowest BCUT2D eigenvalue weighted by Gasteiger charge is -2.29. The van der Waals surface area contributed by atoms with E-state index >= 15 is 0 Å². The van der Waals surface area contributed by atoms with E-state index < -0.39 is 29.4 Å². The first-order valence-corrected chi connectivity index (χ1v) is 11.8. The molecule has 1 saturated heterocycles. The fraction of sp³-hybridized carbons (Fsp3) is 0.360. The number of anilines is 2. The number of rotatable bonds is 7. The summed E-state index contributed by atoms with van der Waals surface area (Å²) >= 11 is 0. The van der Waals surface area contributed by atoms with Crippen molar-refractivity contribution in [3.63, 3.8) is 0 Å². The average molecular weight is 516 g/mol. The number of nitrogens with one attached hydrogen (secondary N) is 1. The van der Waals surface area contributed by atoms with Crippen LogP contribution in [0, 0.1) is 11.6 Å². The van der Waals surface area contributed by atoms with Crippen LogP contribution in [0.1, 0.15) is 31.7 Å². The number of halogens is 4. The summed E-state index contributed by atoms with van der Waals surface area (Å²) in [6.07, 6.45) is -2.90. The Morgan fingerprint density at radius 1 is 0.919 bits per heavy atom. The third-order valence-corrected chi connectivity index (χ3v) is 6.02. The number of morpholine rings is 1. The summed E-state index contributed by atoms with van der Waals surface area (Å²) in [6.45, 7) is 5.40. The van der Waals surface area contributed by atoms with E-state index in [-0.39, 0.29) is 29.8 Å². The summed E-state index contributed by atoms with van der Waals surface area (Å²) in [5.41, 5.74) is -0.207. The summed E-state index contributed by atoms with van der Waals surface area (Å²) < 4.78 is 63.4. The van der Waals surface area contributed by atoms with Gasteiger partial charge in [0.1, 0.15) is 11.6 Å². The Hall–Kier alpha value is -3.80. The summed E-state index contributed by atoms with van der Waals surface area (Å²) in [5.74, 6) is -1.53. The quantitative estimate of drug-likeness (QED) is 0.358. The lowest BCUT2D eigenvalue weighted by molar-refractivity contribution is 0.122. The van der Waals surface area contributed by atoms with E-state index in [9.17, 15) is 17.6 Å². The first-order chi connectivity index (χ1) is 17.7. The predicted molar refractivity (Wildman–Crippen MR) is 130 cm³/mol. The van der Waals surface area contributed by atoms with Gasteiger partial charge in [-0.3, -0.25) is 4.57 Å². The van der Waals surface area contributed by atoms with Crippen molar-refractivity contribution in [3.8, 4) is 5.95 Å². The lowest BCUT2D eigenvalue weighted by Crippen LogP contribution is -2.39. The Balaban J connectivity index is 1.59. The topological polar surface area (TPSA) is 81.0 Å². The van der Waals surface area contributed by atoms with Crippen LogP contribution in [0.4, 0.5) is 29.5 Å². The maximum atomic E-state index is 14.3. The van der Waals surface area contributed by atoms with E-state index in [4.69, 9.17) is 4.74 Å². The molecule has 0 radical (unpaired) electrons. The molecule has 3 heterocycles. The van der Waals surface area contributed by atoms with Crippen molar-refractivity contribution in [2.24, 2.45) is 0 Å². The molecule has 0 unspecified atom stereocenters. The standard InChI is InChI=1S/C25H25F4N7O/c1-25(2,14-15-16(26)6-5-7-17(15)27)34-22-31-23(35-10-12-37-13-11-35)33-24(32-22)36-19-9-4-3-8-18(19)30-21(36)20(28)29/h3-9,20H,10-14H2,1-2H3,(H,31,32,33,34). The Bertz CT molecular complexity index is 1400. The zero-order chi connectivity index (χ0) is 26.2. The first-order valence-electron chi connectivity index (χ1n) is 11.8. The van der Waals surface area contributed by atoms with Crippen LogP contribution < -0.4 is 10.2 Å². The van der Waals surface area contributed by atoms with Gasteiger partial charge in [-0.2, -0.15) is 15.0 Å². The minimum absolute atomic E-state index is 0.0182. The third kappa shape index (κ3) is 5.19. The molecule has 8 nitrogen and oxygen atoms in total. The summed E-state index contributed by atoms with van der Waals surface area (Å²) in [7, 11) is 0. The maximum absolute atomic E-state index is 14.3. The number of hydrogen-bond acceptors (Lipinski definition) is 7. The van der Waals surface area contributed by atoms with Gasteiger partial charge in [0.2, 0.25) is 17.8 Å². The summed E-state index contributed by atoms with van der Waals surface area (Å²) in [4.78, 5) is 19.4. The van der Waals surface area contributed by atoms with Gasteiger partial charge in [-0.25, -0.2) is 22.5 Å². The Labute approximate surface area is 210 Å². The van der Waals surface area contributed by atoms with E-state index in [0.29, 0.717) is 37.3 Å². The van der Waals surface area contributed by atoms with Gasteiger partial charge in [0.25, 0.3) is 6.43 Å². The van der Waals surface area contributed by atoms with Crippen LogP contribution in [0.3, 0.4) is 0 Å². The molecule has 0 saturated carbocycles.